The maximum atomic E-state index is 11.6. The van der Waals surface area contributed by atoms with E-state index < -0.39 is 12.0 Å². The van der Waals surface area contributed by atoms with Gasteiger partial charge in [0.15, 0.2) is 5.82 Å². The summed E-state index contributed by atoms with van der Waals surface area (Å²) in [6, 6.07) is 9.30. The van der Waals surface area contributed by atoms with E-state index >= 15 is 0 Å². The second-order valence-electron chi connectivity index (χ2n) is 5.99. The molecule has 1 aliphatic heterocycles. The summed E-state index contributed by atoms with van der Waals surface area (Å²) in [6.45, 7) is 4.64. The number of carbonyl (C=O) groups is 1. The Kier molecular flexibility index (Phi) is 4.28. The molecule has 1 aromatic carbocycles. The molecule has 5 heteroatoms. The molecule has 5 nitrogen and oxygen atoms in total. The van der Waals surface area contributed by atoms with Gasteiger partial charge in [0.2, 0.25) is 0 Å². The van der Waals surface area contributed by atoms with Crippen molar-refractivity contribution in [3.8, 4) is 11.4 Å². The molecule has 0 radical (unpaired) electrons. The van der Waals surface area contributed by atoms with Gasteiger partial charge in [-0.1, -0.05) is 30.3 Å². The van der Waals surface area contributed by atoms with Crippen molar-refractivity contribution in [2.24, 2.45) is 0 Å². The van der Waals surface area contributed by atoms with E-state index in [1.54, 1.807) is 0 Å². The van der Waals surface area contributed by atoms with Crippen LogP contribution < -0.4 is 4.90 Å². The Morgan fingerprint density at radius 1 is 1.17 bits per heavy atom. The molecule has 0 bridgehead atoms. The van der Waals surface area contributed by atoms with Gasteiger partial charge in [-0.2, -0.15) is 0 Å². The quantitative estimate of drug-likeness (QED) is 0.943. The van der Waals surface area contributed by atoms with Crippen molar-refractivity contribution in [3.63, 3.8) is 0 Å². The first kappa shape index (κ1) is 15.5. The van der Waals surface area contributed by atoms with E-state index in [4.69, 9.17) is 4.98 Å². The lowest BCUT2D eigenvalue weighted by Crippen LogP contribution is -2.45. The number of carboxylic acids is 1. The van der Waals surface area contributed by atoms with Crippen LogP contribution in [0.15, 0.2) is 30.3 Å². The molecule has 23 heavy (non-hydrogen) atoms. The average molecular weight is 311 g/mol. The molecule has 2 heterocycles. The number of aryl methyl sites for hydroxylation is 1. The zero-order chi connectivity index (χ0) is 16.4. The number of carboxylic acid groups (broad SMARTS) is 1. The summed E-state index contributed by atoms with van der Waals surface area (Å²) < 4.78 is 0. The summed E-state index contributed by atoms with van der Waals surface area (Å²) in [7, 11) is 0. The average Bonchev–Trinajstić information content (AvgIpc) is 2.58. The van der Waals surface area contributed by atoms with E-state index in [1.807, 2.05) is 49.1 Å². The van der Waals surface area contributed by atoms with Crippen LogP contribution in [0.25, 0.3) is 11.4 Å². The largest absolute Gasteiger partial charge is 0.480 e. The third kappa shape index (κ3) is 3.04. The number of rotatable bonds is 3. The van der Waals surface area contributed by atoms with Crippen LogP contribution >= 0.6 is 0 Å². The molecule has 1 aromatic heterocycles. The third-order valence-corrected chi connectivity index (χ3v) is 4.46. The van der Waals surface area contributed by atoms with E-state index in [1.165, 1.54) is 0 Å². The van der Waals surface area contributed by atoms with Crippen molar-refractivity contribution in [1.82, 2.24) is 9.97 Å². The zero-order valence-electron chi connectivity index (χ0n) is 13.5. The smallest absolute Gasteiger partial charge is 0.326 e. The Balaban J connectivity index is 2.07. The minimum absolute atomic E-state index is 0.500. The second-order valence-corrected chi connectivity index (χ2v) is 5.99. The second kappa shape index (κ2) is 6.36. The highest BCUT2D eigenvalue weighted by atomic mass is 16.4. The molecule has 1 fully saturated rings. The lowest BCUT2D eigenvalue weighted by molar-refractivity contribution is -0.139. The maximum absolute atomic E-state index is 11.6. The van der Waals surface area contributed by atoms with E-state index in [0.29, 0.717) is 12.2 Å². The number of anilines is 1. The molecule has 1 aliphatic rings. The normalized spacial score (nSPS) is 18.0. The van der Waals surface area contributed by atoms with Crippen LogP contribution in [0.3, 0.4) is 0 Å². The lowest BCUT2D eigenvalue weighted by Gasteiger charge is -2.35. The highest BCUT2D eigenvalue weighted by Crippen LogP contribution is 2.29. The summed E-state index contributed by atoms with van der Waals surface area (Å²) >= 11 is 0. The first-order chi connectivity index (χ1) is 11.1. The van der Waals surface area contributed by atoms with Gasteiger partial charge in [0.05, 0.1) is 0 Å². The van der Waals surface area contributed by atoms with Crippen molar-refractivity contribution in [2.45, 2.75) is 39.2 Å². The molecule has 1 N–H and O–H groups in total. The Morgan fingerprint density at radius 2 is 1.91 bits per heavy atom. The standard InChI is InChI=1S/C18H21N3O2/c1-12-13(2)19-16(14-8-4-3-5-9-14)20-17(12)21-11-7-6-10-15(21)18(22)23/h3-5,8-9,15H,6-7,10-11H2,1-2H3,(H,22,23). The van der Waals surface area contributed by atoms with E-state index in [2.05, 4.69) is 4.98 Å². The van der Waals surface area contributed by atoms with Crippen LogP contribution in [0.4, 0.5) is 5.82 Å². The number of nitrogens with zero attached hydrogens (tertiary/aromatic N) is 3. The predicted molar refractivity (Wildman–Crippen MR) is 89.6 cm³/mol. The van der Waals surface area contributed by atoms with Crippen molar-refractivity contribution < 1.29 is 9.90 Å². The van der Waals surface area contributed by atoms with Crippen LogP contribution in [0.2, 0.25) is 0 Å². The number of aliphatic carboxylic acids is 1. The SMILES string of the molecule is Cc1nc(-c2ccccc2)nc(N2CCCCC2C(=O)O)c1C. The van der Waals surface area contributed by atoms with Gasteiger partial charge in [0.25, 0.3) is 0 Å². The molecule has 2 aromatic rings. The Labute approximate surface area is 136 Å². The zero-order valence-corrected chi connectivity index (χ0v) is 13.5. The van der Waals surface area contributed by atoms with Gasteiger partial charge in [0, 0.05) is 23.4 Å². The minimum atomic E-state index is -0.776. The molecule has 1 unspecified atom stereocenters. The number of benzene rings is 1. The van der Waals surface area contributed by atoms with Crippen LogP contribution in [0.1, 0.15) is 30.5 Å². The van der Waals surface area contributed by atoms with Crippen LogP contribution in [0, 0.1) is 13.8 Å². The first-order valence-corrected chi connectivity index (χ1v) is 7.98. The fourth-order valence-corrected chi connectivity index (χ4v) is 3.05. The van der Waals surface area contributed by atoms with Crippen LogP contribution in [-0.2, 0) is 4.79 Å². The number of piperidine rings is 1. The summed E-state index contributed by atoms with van der Waals surface area (Å²) in [5, 5.41) is 9.53. The third-order valence-electron chi connectivity index (χ3n) is 4.46. The van der Waals surface area contributed by atoms with Gasteiger partial charge in [-0.15, -0.1) is 0 Å². The predicted octanol–water partition coefficient (Wildman–Crippen LogP) is 3.20. The van der Waals surface area contributed by atoms with Gasteiger partial charge < -0.3 is 10.0 Å². The van der Waals surface area contributed by atoms with E-state index in [0.717, 1.165) is 42.0 Å². The minimum Gasteiger partial charge on any atom is -0.480 e. The highest BCUT2D eigenvalue weighted by molar-refractivity contribution is 5.78. The first-order valence-electron chi connectivity index (χ1n) is 7.98. The topological polar surface area (TPSA) is 66.3 Å². The fraction of sp³-hybridized carbons (Fsp3) is 0.389. The number of hydrogen-bond acceptors (Lipinski definition) is 4. The molecule has 0 saturated carbocycles. The van der Waals surface area contributed by atoms with Crippen molar-refractivity contribution in [2.75, 3.05) is 11.4 Å². The highest BCUT2D eigenvalue weighted by Gasteiger charge is 2.31. The molecule has 1 saturated heterocycles. The lowest BCUT2D eigenvalue weighted by atomic mass is 10.0. The Hall–Kier alpha value is -2.43. The van der Waals surface area contributed by atoms with Gasteiger partial charge in [-0.05, 0) is 33.1 Å². The van der Waals surface area contributed by atoms with Crippen molar-refractivity contribution in [1.29, 1.82) is 0 Å². The van der Waals surface area contributed by atoms with Gasteiger partial charge >= 0.3 is 5.97 Å². The molecular formula is C18H21N3O2. The van der Waals surface area contributed by atoms with Crippen molar-refractivity contribution in [3.05, 3.63) is 41.6 Å². The number of aromatic nitrogens is 2. The molecule has 3 rings (SSSR count). The fourth-order valence-electron chi connectivity index (χ4n) is 3.05. The van der Waals surface area contributed by atoms with Crippen LogP contribution in [0.5, 0.6) is 0 Å². The van der Waals surface area contributed by atoms with E-state index in [9.17, 15) is 9.90 Å². The molecule has 120 valence electrons. The number of hydrogen-bond donors (Lipinski definition) is 1. The monoisotopic (exact) mass is 311 g/mol. The van der Waals surface area contributed by atoms with Crippen LogP contribution in [-0.4, -0.2) is 33.6 Å². The summed E-state index contributed by atoms with van der Waals surface area (Å²) in [6.07, 6.45) is 2.60. The summed E-state index contributed by atoms with van der Waals surface area (Å²) in [5.41, 5.74) is 2.79. The summed E-state index contributed by atoms with van der Waals surface area (Å²) in [5.74, 6) is 0.628. The molecule has 1 atom stereocenters. The Morgan fingerprint density at radius 3 is 2.61 bits per heavy atom. The van der Waals surface area contributed by atoms with Gasteiger partial charge in [-0.3, -0.25) is 0 Å². The molecule has 0 amide bonds. The Bertz CT molecular complexity index is 716. The molecule has 0 spiro atoms. The molecule has 0 aliphatic carbocycles. The van der Waals surface area contributed by atoms with E-state index in [-0.39, 0.29) is 0 Å². The van der Waals surface area contributed by atoms with Gasteiger partial charge in [0.1, 0.15) is 11.9 Å². The molecular weight excluding hydrogens is 290 g/mol. The summed E-state index contributed by atoms with van der Waals surface area (Å²) in [4.78, 5) is 22.8. The van der Waals surface area contributed by atoms with Gasteiger partial charge in [-0.25, -0.2) is 14.8 Å². The maximum Gasteiger partial charge on any atom is 0.326 e. The van der Waals surface area contributed by atoms with Crippen molar-refractivity contribution >= 4 is 11.8 Å².